The number of sulfonamides is 1. The molecule has 8 heteroatoms. The van der Waals surface area contributed by atoms with Crippen LogP contribution in [-0.4, -0.2) is 44.3 Å². The summed E-state index contributed by atoms with van der Waals surface area (Å²) in [6.07, 6.45) is 0.386. The number of hydrogen-bond acceptors (Lipinski definition) is 4. The molecule has 0 aliphatic heterocycles. The van der Waals surface area contributed by atoms with Crippen LogP contribution in [0.5, 0.6) is 0 Å². The number of likely N-dealkylation sites (N-methyl/N-ethyl adjacent to an activating group) is 1. The Hall–Kier alpha value is -3.65. The molecular weight excluding hydrogens is 510 g/mol. The first-order valence-electron chi connectivity index (χ1n) is 13.3. The zero-order chi connectivity index (χ0) is 28.7. The van der Waals surface area contributed by atoms with Gasteiger partial charge in [0.25, 0.3) is 10.0 Å². The van der Waals surface area contributed by atoms with Gasteiger partial charge in [0.2, 0.25) is 11.8 Å². The van der Waals surface area contributed by atoms with Gasteiger partial charge in [-0.1, -0.05) is 66.6 Å². The number of aryl methyl sites for hydroxylation is 4. The van der Waals surface area contributed by atoms with Gasteiger partial charge in [-0.3, -0.25) is 13.9 Å². The fourth-order valence-electron chi connectivity index (χ4n) is 4.56. The highest BCUT2D eigenvalue weighted by molar-refractivity contribution is 7.92. The van der Waals surface area contributed by atoms with Crippen LogP contribution in [-0.2, 0) is 26.2 Å². The van der Waals surface area contributed by atoms with Gasteiger partial charge in [0, 0.05) is 13.1 Å². The van der Waals surface area contributed by atoms with E-state index in [-0.39, 0.29) is 17.3 Å². The summed E-state index contributed by atoms with van der Waals surface area (Å²) in [5, 5.41) is 2.83. The maximum atomic E-state index is 14.1. The molecule has 0 aromatic heterocycles. The van der Waals surface area contributed by atoms with Crippen LogP contribution in [0.1, 0.15) is 48.1 Å². The third kappa shape index (κ3) is 7.26. The SMILES string of the molecule is CCNC(=O)C(CC)N(Cc1cccc(C)c1)C(=O)CN(c1cc(C)ccc1C)S(=O)(=O)c1ccc(C)cc1. The smallest absolute Gasteiger partial charge is 0.264 e. The maximum Gasteiger partial charge on any atom is 0.264 e. The topological polar surface area (TPSA) is 86.8 Å². The minimum absolute atomic E-state index is 0.0998. The van der Waals surface area contributed by atoms with Crippen molar-refractivity contribution in [3.8, 4) is 0 Å². The van der Waals surface area contributed by atoms with E-state index in [1.807, 2.05) is 77.9 Å². The van der Waals surface area contributed by atoms with E-state index in [2.05, 4.69) is 5.32 Å². The molecule has 1 N–H and O–H groups in total. The molecule has 3 rings (SSSR count). The largest absolute Gasteiger partial charge is 0.355 e. The first kappa shape index (κ1) is 29.9. The monoisotopic (exact) mass is 549 g/mol. The average molecular weight is 550 g/mol. The first-order chi connectivity index (χ1) is 18.5. The average Bonchev–Trinajstić information content (AvgIpc) is 2.89. The normalized spacial score (nSPS) is 12.1. The molecule has 0 aliphatic rings. The number of amides is 2. The Morgan fingerprint density at radius 1 is 0.846 bits per heavy atom. The summed E-state index contributed by atoms with van der Waals surface area (Å²) in [6, 6.07) is 19.1. The fraction of sp³-hybridized carbons (Fsp3) is 0.355. The Kier molecular flexibility index (Phi) is 9.92. The molecule has 0 saturated heterocycles. The Morgan fingerprint density at radius 2 is 1.49 bits per heavy atom. The Labute approximate surface area is 232 Å². The minimum atomic E-state index is -4.10. The van der Waals surface area contributed by atoms with Crippen molar-refractivity contribution in [2.24, 2.45) is 0 Å². The third-order valence-corrected chi connectivity index (χ3v) is 8.47. The minimum Gasteiger partial charge on any atom is -0.355 e. The van der Waals surface area contributed by atoms with E-state index in [0.29, 0.717) is 18.7 Å². The molecule has 1 unspecified atom stereocenters. The molecule has 3 aromatic rings. The summed E-state index contributed by atoms with van der Waals surface area (Å²) in [6.45, 7) is 11.4. The van der Waals surface area contributed by atoms with Crippen molar-refractivity contribution < 1.29 is 18.0 Å². The number of benzene rings is 3. The molecule has 0 spiro atoms. The van der Waals surface area contributed by atoms with E-state index >= 15 is 0 Å². The molecule has 0 saturated carbocycles. The van der Waals surface area contributed by atoms with Gasteiger partial charge < -0.3 is 10.2 Å². The van der Waals surface area contributed by atoms with Crippen molar-refractivity contribution in [3.63, 3.8) is 0 Å². The van der Waals surface area contributed by atoms with Crippen molar-refractivity contribution >= 4 is 27.5 Å². The molecule has 2 amide bonds. The lowest BCUT2D eigenvalue weighted by atomic mass is 10.1. The van der Waals surface area contributed by atoms with Gasteiger partial charge >= 0.3 is 0 Å². The van der Waals surface area contributed by atoms with Crippen molar-refractivity contribution in [3.05, 3.63) is 94.5 Å². The van der Waals surface area contributed by atoms with Crippen LogP contribution in [0.4, 0.5) is 5.69 Å². The molecule has 0 aliphatic carbocycles. The number of hydrogen-bond donors (Lipinski definition) is 1. The summed E-state index contributed by atoms with van der Waals surface area (Å²) in [4.78, 5) is 28.7. The number of nitrogens with one attached hydrogen (secondary N) is 1. The van der Waals surface area contributed by atoms with Crippen molar-refractivity contribution in [1.82, 2.24) is 10.2 Å². The quantitative estimate of drug-likeness (QED) is 0.362. The number of anilines is 1. The fourth-order valence-corrected chi connectivity index (χ4v) is 6.03. The van der Waals surface area contributed by atoms with Crippen LogP contribution in [0, 0.1) is 27.7 Å². The van der Waals surface area contributed by atoms with E-state index in [1.165, 1.54) is 9.21 Å². The van der Waals surface area contributed by atoms with Crippen LogP contribution in [0.2, 0.25) is 0 Å². The van der Waals surface area contributed by atoms with Gasteiger partial charge in [-0.15, -0.1) is 0 Å². The molecule has 3 aromatic carbocycles. The second-order valence-corrected chi connectivity index (χ2v) is 11.8. The van der Waals surface area contributed by atoms with Crippen LogP contribution >= 0.6 is 0 Å². The van der Waals surface area contributed by atoms with Gasteiger partial charge in [-0.25, -0.2) is 8.42 Å². The van der Waals surface area contributed by atoms with Gasteiger partial charge in [0.05, 0.1) is 10.6 Å². The lowest BCUT2D eigenvalue weighted by molar-refractivity contribution is -0.140. The lowest BCUT2D eigenvalue weighted by Crippen LogP contribution is -2.52. The molecule has 7 nitrogen and oxygen atoms in total. The Morgan fingerprint density at radius 3 is 2.10 bits per heavy atom. The maximum absolute atomic E-state index is 14.1. The van der Waals surface area contributed by atoms with Gasteiger partial charge in [0.15, 0.2) is 0 Å². The summed E-state index contributed by atoms with van der Waals surface area (Å²) in [5.41, 5.74) is 4.86. The summed E-state index contributed by atoms with van der Waals surface area (Å²) < 4.78 is 29.2. The molecule has 0 bridgehead atoms. The molecule has 0 heterocycles. The predicted molar refractivity (Wildman–Crippen MR) is 156 cm³/mol. The predicted octanol–water partition coefficient (Wildman–Crippen LogP) is 5.06. The summed E-state index contributed by atoms with van der Waals surface area (Å²) >= 11 is 0. The zero-order valence-electron chi connectivity index (χ0n) is 23.7. The summed E-state index contributed by atoms with van der Waals surface area (Å²) in [5.74, 6) is -0.716. The molecule has 1 atom stereocenters. The summed E-state index contributed by atoms with van der Waals surface area (Å²) in [7, 11) is -4.10. The first-order valence-corrected chi connectivity index (χ1v) is 14.7. The number of carbonyl (C=O) groups is 2. The van der Waals surface area contributed by atoms with Gasteiger partial charge in [-0.05, 0) is 75.9 Å². The van der Waals surface area contributed by atoms with Crippen LogP contribution in [0.3, 0.4) is 0 Å². The van der Waals surface area contributed by atoms with Crippen LogP contribution < -0.4 is 9.62 Å². The Bertz CT molecular complexity index is 1420. The van der Waals surface area contributed by atoms with Crippen molar-refractivity contribution in [2.75, 3.05) is 17.4 Å². The number of rotatable bonds is 11. The van der Waals surface area contributed by atoms with E-state index in [0.717, 1.165) is 27.8 Å². The van der Waals surface area contributed by atoms with Gasteiger partial charge in [0.1, 0.15) is 12.6 Å². The molecule has 39 heavy (non-hydrogen) atoms. The molecule has 0 radical (unpaired) electrons. The van der Waals surface area contributed by atoms with E-state index in [1.54, 1.807) is 30.3 Å². The second kappa shape index (κ2) is 12.9. The van der Waals surface area contributed by atoms with E-state index in [9.17, 15) is 18.0 Å². The molecule has 208 valence electrons. The van der Waals surface area contributed by atoms with Crippen LogP contribution in [0.25, 0.3) is 0 Å². The van der Waals surface area contributed by atoms with Crippen molar-refractivity contribution in [1.29, 1.82) is 0 Å². The standard InChI is InChI=1S/C31H39N3O4S/c1-7-28(31(36)32-8-2)33(20-26-11-9-10-23(4)18-26)30(35)21-34(29-19-24(5)12-15-25(29)6)39(37,38)27-16-13-22(3)14-17-27/h9-19,28H,7-8,20-21H2,1-6H3,(H,32,36). The van der Waals surface area contributed by atoms with Crippen molar-refractivity contribution in [2.45, 2.75) is 65.4 Å². The van der Waals surface area contributed by atoms with Crippen LogP contribution in [0.15, 0.2) is 71.6 Å². The highest BCUT2D eigenvalue weighted by Gasteiger charge is 2.34. The van der Waals surface area contributed by atoms with Gasteiger partial charge in [-0.2, -0.15) is 0 Å². The molecule has 0 fully saturated rings. The second-order valence-electron chi connectivity index (χ2n) is 9.94. The van der Waals surface area contributed by atoms with E-state index < -0.39 is 28.5 Å². The zero-order valence-corrected chi connectivity index (χ0v) is 24.5. The highest BCUT2D eigenvalue weighted by atomic mass is 32.2. The molecular formula is C31H39N3O4S. The number of nitrogens with zero attached hydrogens (tertiary/aromatic N) is 2. The third-order valence-electron chi connectivity index (χ3n) is 6.69. The highest BCUT2D eigenvalue weighted by Crippen LogP contribution is 2.29. The van der Waals surface area contributed by atoms with E-state index in [4.69, 9.17) is 0 Å². The Balaban J connectivity index is 2.11. The number of carbonyl (C=O) groups excluding carboxylic acids is 2. The lowest BCUT2D eigenvalue weighted by Gasteiger charge is -2.33.